The van der Waals surface area contributed by atoms with Crippen molar-refractivity contribution in [1.82, 2.24) is 4.90 Å². The van der Waals surface area contributed by atoms with Gasteiger partial charge in [-0.2, -0.15) is 0 Å². The van der Waals surface area contributed by atoms with Gasteiger partial charge in [-0.25, -0.2) is 4.90 Å². The fourth-order valence-electron chi connectivity index (χ4n) is 2.89. The van der Waals surface area contributed by atoms with E-state index >= 15 is 0 Å². The van der Waals surface area contributed by atoms with Crippen LogP contribution in [0, 0.1) is 5.92 Å². The molecule has 4 nitrogen and oxygen atoms in total. The molecule has 0 spiro atoms. The van der Waals surface area contributed by atoms with Crippen molar-refractivity contribution in [1.29, 1.82) is 0 Å². The summed E-state index contributed by atoms with van der Waals surface area (Å²) in [6.45, 7) is 0. The zero-order valence-electron chi connectivity index (χ0n) is 10.7. The van der Waals surface area contributed by atoms with Gasteiger partial charge in [-0.1, -0.05) is 24.3 Å². The summed E-state index contributed by atoms with van der Waals surface area (Å²) in [5, 5.41) is 11.8. The van der Waals surface area contributed by atoms with Crippen LogP contribution in [-0.2, 0) is 0 Å². The lowest BCUT2D eigenvalue weighted by molar-refractivity contribution is 0.000521. The number of imide groups is 1. The maximum absolute atomic E-state index is 12.5. The molecule has 1 aliphatic carbocycles. The van der Waals surface area contributed by atoms with Crippen molar-refractivity contribution < 1.29 is 14.7 Å². The molecule has 2 aromatic carbocycles. The fourth-order valence-corrected chi connectivity index (χ4v) is 2.89. The Morgan fingerprint density at radius 2 is 1.55 bits per heavy atom. The van der Waals surface area contributed by atoms with Crippen molar-refractivity contribution in [2.75, 3.05) is 0 Å². The van der Waals surface area contributed by atoms with E-state index in [-0.39, 0.29) is 5.92 Å². The summed E-state index contributed by atoms with van der Waals surface area (Å²) < 4.78 is 0. The molecule has 1 saturated carbocycles. The van der Waals surface area contributed by atoms with Crippen molar-refractivity contribution in [2.45, 2.75) is 19.1 Å². The molecule has 20 heavy (non-hydrogen) atoms. The van der Waals surface area contributed by atoms with Crippen LogP contribution in [-0.4, -0.2) is 28.0 Å². The molecule has 2 aliphatic rings. The summed E-state index contributed by atoms with van der Waals surface area (Å²) in [4.78, 5) is 26.1. The van der Waals surface area contributed by atoms with Gasteiger partial charge in [0.05, 0.1) is 0 Å². The topological polar surface area (TPSA) is 57.6 Å². The maximum atomic E-state index is 12.5. The molecule has 1 N–H and O–H groups in total. The Morgan fingerprint density at radius 1 is 1.00 bits per heavy atom. The van der Waals surface area contributed by atoms with E-state index in [1.54, 1.807) is 24.3 Å². The lowest BCUT2D eigenvalue weighted by Gasteiger charge is -2.30. The maximum Gasteiger partial charge on any atom is 0.263 e. The Morgan fingerprint density at radius 3 is 2.05 bits per heavy atom. The zero-order valence-corrected chi connectivity index (χ0v) is 10.7. The number of aliphatic hydroxyl groups is 1. The van der Waals surface area contributed by atoms with Crippen LogP contribution >= 0.6 is 0 Å². The van der Waals surface area contributed by atoms with Crippen LogP contribution in [0.5, 0.6) is 0 Å². The SMILES string of the molecule is O=C1c2cccc3cccc(c23)C(=O)N1C(O)C1CC1. The quantitative estimate of drug-likeness (QED) is 0.848. The Balaban J connectivity index is 1.95. The van der Waals surface area contributed by atoms with Gasteiger partial charge in [0.2, 0.25) is 0 Å². The molecule has 1 aliphatic heterocycles. The number of carbonyl (C=O) groups excluding carboxylic acids is 2. The Bertz CT molecular complexity index is 698. The summed E-state index contributed by atoms with van der Waals surface area (Å²) in [6, 6.07) is 10.8. The standard InChI is InChI=1S/C16H13NO3/c18-14(10-7-8-10)17-15(19)11-5-1-3-9-4-2-6-12(13(9)11)16(17)20/h1-6,10,14,18H,7-8H2. The minimum Gasteiger partial charge on any atom is -0.373 e. The van der Waals surface area contributed by atoms with Crippen molar-refractivity contribution in [3.63, 3.8) is 0 Å². The average Bonchev–Trinajstić information content (AvgIpc) is 3.29. The monoisotopic (exact) mass is 267 g/mol. The van der Waals surface area contributed by atoms with Crippen LogP contribution in [0.2, 0.25) is 0 Å². The highest BCUT2D eigenvalue weighted by molar-refractivity contribution is 6.25. The molecule has 4 heteroatoms. The summed E-state index contributed by atoms with van der Waals surface area (Å²) in [7, 11) is 0. The minimum atomic E-state index is -1.00. The average molecular weight is 267 g/mol. The van der Waals surface area contributed by atoms with Crippen LogP contribution < -0.4 is 0 Å². The van der Waals surface area contributed by atoms with Crippen LogP contribution in [0.25, 0.3) is 10.8 Å². The molecule has 2 aromatic rings. The molecular formula is C16H13NO3. The lowest BCUT2D eigenvalue weighted by Crippen LogP contribution is -2.48. The zero-order chi connectivity index (χ0) is 13.9. The first-order valence-corrected chi connectivity index (χ1v) is 6.76. The third-order valence-corrected chi connectivity index (χ3v) is 4.11. The van der Waals surface area contributed by atoms with Gasteiger partial charge < -0.3 is 5.11 Å². The molecule has 100 valence electrons. The van der Waals surface area contributed by atoms with E-state index in [0.717, 1.165) is 23.1 Å². The summed E-state index contributed by atoms with van der Waals surface area (Å²) in [5.74, 6) is -0.746. The highest BCUT2D eigenvalue weighted by Gasteiger charge is 2.43. The number of carbonyl (C=O) groups is 2. The van der Waals surface area contributed by atoms with Gasteiger partial charge in [-0.3, -0.25) is 9.59 Å². The van der Waals surface area contributed by atoms with Crippen LogP contribution in [0.15, 0.2) is 36.4 Å². The molecule has 1 atom stereocenters. The number of amides is 2. The normalized spacial score (nSPS) is 19.6. The van der Waals surface area contributed by atoms with Gasteiger partial charge in [0.25, 0.3) is 11.8 Å². The number of hydrogen-bond donors (Lipinski definition) is 1. The molecule has 1 unspecified atom stereocenters. The highest BCUT2D eigenvalue weighted by atomic mass is 16.3. The molecule has 0 aromatic heterocycles. The van der Waals surface area contributed by atoms with Gasteiger partial charge in [0.15, 0.2) is 0 Å². The predicted molar refractivity (Wildman–Crippen MR) is 73.2 cm³/mol. The van der Waals surface area contributed by atoms with Crippen LogP contribution in [0.1, 0.15) is 33.6 Å². The number of hydrogen-bond acceptors (Lipinski definition) is 3. The summed E-state index contributed by atoms with van der Waals surface area (Å²) >= 11 is 0. The second kappa shape index (κ2) is 3.90. The number of benzene rings is 2. The lowest BCUT2D eigenvalue weighted by atomic mass is 9.94. The Labute approximate surface area is 115 Å². The molecule has 4 rings (SSSR count). The van der Waals surface area contributed by atoms with Crippen molar-refractivity contribution in [3.8, 4) is 0 Å². The molecule has 1 heterocycles. The minimum absolute atomic E-state index is 0.0346. The van der Waals surface area contributed by atoms with Gasteiger partial charge in [-0.05, 0) is 30.4 Å². The summed E-state index contributed by atoms with van der Waals surface area (Å²) in [6.07, 6.45) is 0.729. The smallest absolute Gasteiger partial charge is 0.263 e. The van der Waals surface area contributed by atoms with E-state index in [1.807, 2.05) is 12.1 Å². The van der Waals surface area contributed by atoms with E-state index < -0.39 is 18.0 Å². The molecule has 0 radical (unpaired) electrons. The number of aliphatic hydroxyl groups excluding tert-OH is 1. The number of rotatable bonds is 2. The second-order valence-electron chi connectivity index (χ2n) is 5.44. The molecule has 1 fully saturated rings. The van der Waals surface area contributed by atoms with Crippen molar-refractivity contribution >= 4 is 22.6 Å². The number of nitrogens with zero attached hydrogens (tertiary/aromatic N) is 1. The van der Waals surface area contributed by atoms with E-state index in [1.165, 1.54) is 0 Å². The van der Waals surface area contributed by atoms with E-state index in [9.17, 15) is 14.7 Å². The van der Waals surface area contributed by atoms with E-state index in [0.29, 0.717) is 16.5 Å². The Hall–Kier alpha value is -2.20. The second-order valence-corrected chi connectivity index (χ2v) is 5.44. The van der Waals surface area contributed by atoms with Crippen molar-refractivity contribution in [3.05, 3.63) is 47.5 Å². The molecular weight excluding hydrogens is 254 g/mol. The van der Waals surface area contributed by atoms with E-state index in [2.05, 4.69) is 0 Å². The largest absolute Gasteiger partial charge is 0.373 e. The van der Waals surface area contributed by atoms with Crippen LogP contribution in [0.3, 0.4) is 0 Å². The molecule has 2 amide bonds. The van der Waals surface area contributed by atoms with Crippen LogP contribution in [0.4, 0.5) is 0 Å². The van der Waals surface area contributed by atoms with Gasteiger partial charge in [-0.15, -0.1) is 0 Å². The first kappa shape index (κ1) is 11.6. The molecule has 0 saturated heterocycles. The Kier molecular flexibility index (Phi) is 2.26. The first-order chi connectivity index (χ1) is 9.68. The molecule has 0 bridgehead atoms. The van der Waals surface area contributed by atoms with Gasteiger partial charge >= 0.3 is 0 Å². The van der Waals surface area contributed by atoms with Gasteiger partial charge in [0, 0.05) is 22.4 Å². The predicted octanol–water partition coefficient (Wildman–Crippen LogP) is 2.16. The third-order valence-electron chi connectivity index (χ3n) is 4.11. The van der Waals surface area contributed by atoms with E-state index in [4.69, 9.17) is 0 Å². The highest BCUT2D eigenvalue weighted by Crippen LogP contribution is 2.38. The third kappa shape index (κ3) is 1.45. The fraction of sp³-hybridized carbons (Fsp3) is 0.250. The van der Waals surface area contributed by atoms with Gasteiger partial charge in [0.1, 0.15) is 6.23 Å². The first-order valence-electron chi connectivity index (χ1n) is 6.76. The summed E-state index contributed by atoms with van der Waals surface area (Å²) in [5.41, 5.74) is 0.995. The van der Waals surface area contributed by atoms with Crippen molar-refractivity contribution in [2.24, 2.45) is 5.92 Å².